The molecule has 0 spiro atoms. The van der Waals surface area contributed by atoms with Gasteiger partial charge in [0.2, 0.25) is 6.79 Å². The van der Waals surface area contributed by atoms with Gasteiger partial charge < -0.3 is 19.3 Å². The number of rotatable bonds is 5. The van der Waals surface area contributed by atoms with Gasteiger partial charge >= 0.3 is 12.3 Å². The van der Waals surface area contributed by atoms with Crippen LogP contribution in [0.1, 0.15) is 10.4 Å². The van der Waals surface area contributed by atoms with E-state index in [1.807, 2.05) is 0 Å². The van der Waals surface area contributed by atoms with E-state index in [0.717, 1.165) is 0 Å². The molecule has 0 fully saturated rings. The predicted molar refractivity (Wildman–Crippen MR) is 57.0 cm³/mol. The van der Waals surface area contributed by atoms with Crippen molar-refractivity contribution in [3.05, 3.63) is 17.7 Å². The highest BCUT2D eigenvalue weighted by molar-refractivity contribution is 5.92. The monoisotopic (exact) mass is 294 g/mol. The number of carbonyl (C=O) groups is 1. The van der Waals surface area contributed by atoms with Gasteiger partial charge in [0.15, 0.2) is 11.5 Å². The smallest absolute Gasteiger partial charge is 0.490 e. The average Bonchev–Trinajstić information content (AvgIpc) is 2.79. The van der Waals surface area contributed by atoms with Crippen molar-refractivity contribution < 1.29 is 42.0 Å². The minimum absolute atomic E-state index is 0.0605. The molecule has 0 amide bonds. The van der Waals surface area contributed by atoms with Crippen molar-refractivity contribution in [2.24, 2.45) is 0 Å². The Morgan fingerprint density at radius 2 is 1.90 bits per heavy atom. The molecule has 0 saturated heterocycles. The minimum Gasteiger partial charge on any atom is -0.490 e. The van der Waals surface area contributed by atoms with E-state index in [1.54, 1.807) is 0 Å². The number of aromatic carboxylic acids is 1. The zero-order valence-corrected chi connectivity index (χ0v) is 9.90. The number of hydrogen-bond donors (Lipinski definition) is 1. The lowest BCUT2D eigenvalue weighted by atomic mass is 10.2. The molecular formula is C11H9F3O6. The third-order valence-electron chi connectivity index (χ3n) is 2.31. The summed E-state index contributed by atoms with van der Waals surface area (Å²) in [6.07, 6.45) is -4.76. The van der Waals surface area contributed by atoms with Crippen molar-refractivity contribution >= 4 is 5.97 Å². The molecule has 0 bridgehead atoms. The average molecular weight is 294 g/mol. The first-order valence-corrected chi connectivity index (χ1v) is 5.37. The SMILES string of the molecule is O=C(O)c1cc2c(cc1OCCOC(F)(F)F)OCO2. The fraction of sp³-hybridized carbons (Fsp3) is 0.364. The summed E-state index contributed by atoms with van der Waals surface area (Å²) in [5, 5.41) is 9.00. The molecule has 1 heterocycles. The van der Waals surface area contributed by atoms with Crippen molar-refractivity contribution in [2.45, 2.75) is 6.36 Å². The van der Waals surface area contributed by atoms with Crippen LogP contribution in [0.2, 0.25) is 0 Å². The lowest BCUT2D eigenvalue weighted by Gasteiger charge is -2.11. The van der Waals surface area contributed by atoms with Gasteiger partial charge in [-0.1, -0.05) is 0 Å². The van der Waals surface area contributed by atoms with E-state index in [2.05, 4.69) is 4.74 Å². The number of carboxylic acid groups (broad SMARTS) is 1. The second kappa shape index (κ2) is 5.45. The number of carboxylic acids is 1. The Kier molecular flexibility index (Phi) is 3.89. The van der Waals surface area contributed by atoms with Gasteiger partial charge in [0.05, 0.1) is 6.61 Å². The summed E-state index contributed by atoms with van der Waals surface area (Å²) in [7, 11) is 0. The number of halogens is 3. The minimum atomic E-state index is -4.76. The van der Waals surface area contributed by atoms with Gasteiger partial charge in [-0.25, -0.2) is 4.79 Å². The summed E-state index contributed by atoms with van der Waals surface area (Å²) >= 11 is 0. The van der Waals surface area contributed by atoms with Crippen LogP contribution in [0.3, 0.4) is 0 Å². The third kappa shape index (κ3) is 3.44. The summed E-state index contributed by atoms with van der Waals surface area (Å²) in [6.45, 7) is -1.27. The topological polar surface area (TPSA) is 74.2 Å². The molecule has 1 aromatic rings. The molecule has 6 nitrogen and oxygen atoms in total. The van der Waals surface area contributed by atoms with Crippen molar-refractivity contribution in [3.63, 3.8) is 0 Å². The predicted octanol–water partition coefficient (Wildman–Crippen LogP) is 2.03. The summed E-state index contributed by atoms with van der Waals surface area (Å²) in [5.41, 5.74) is -0.235. The largest absolute Gasteiger partial charge is 0.522 e. The van der Waals surface area contributed by atoms with E-state index in [-0.39, 0.29) is 29.6 Å². The van der Waals surface area contributed by atoms with Crippen molar-refractivity contribution in [1.29, 1.82) is 0 Å². The number of hydrogen-bond acceptors (Lipinski definition) is 5. The molecular weight excluding hydrogens is 285 g/mol. The highest BCUT2D eigenvalue weighted by Gasteiger charge is 2.29. The van der Waals surface area contributed by atoms with E-state index in [4.69, 9.17) is 19.3 Å². The normalized spacial score (nSPS) is 13.3. The Balaban J connectivity index is 2.05. The maximum Gasteiger partial charge on any atom is 0.522 e. The highest BCUT2D eigenvalue weighted by atomic mass is 19.4. The van der Waals surface area contributed by atoms with E-state index >= 15 is 0 Å². The molecule has 1 aromatic carbocycles. The molecule has 9 heteroatoms. The van der Waals surface area contributed by atoms with Crippen molar-refractivity contribution in [2.75, 3.05) is 20.0 Å². The van der Waals surface area contributed by atoms with E-state index < -0.39 is 25.5 Å². The number of ether oxygens (including phenoxy) is 4. The van der Waals surface area contributed by atoms with Gasteiger partial charge in [-0.2, -0.15) is 0 Å². The molecule has 1 N–H and O–H groups in total. The van der Waals surface area contributed by atoms with Crippen LogP contribution in [0, 0.1) is 0 Å². The van der Waals surface area contributed by atoms with Crippen LogP contribution in [0.15, 0.2) is 12.1 Å². The van der Waals surface area contributed by atoms with Gasteiger partial charge in [0, 0.05) is 12.1 Å². The van der Waals surface area contributed by atoms with Crippen LogP contribution in [0.4, 0.5) is 13.2 Å². The zero-order chi connectivity index (χ0) is 14.8. The fourth-order valence-electron chi connectivity index (χ4n) is 1.52. The Labute approximate surface area is 110 Å². The fourth-order valence-corrected chi connectivity index (χ4v) is 1.52. The summed E-state index contributed by atoms with van der Waals surface area (Å²) in [4.78, 5) is 11.0. The highest BCUT2D eigenvalue weighted by Crippen LogP contribution is 2.38. The lowest BCUT2D eigenvalue weighted by molar-refractivity contribution is -0.325. The van der Waals surface area contributed by atoms with Gasteiger partial charge in [0.1, 0.15) is 17.9 Å². The van der Waals surface area contributed by atoms with Crippen LogP contribution in [0.5, 0.6) is 17.2 Å². The van der Waals surface area contributed by atoms with Gasteiger partial charge in [-0.3, -0.25) is 4.74 Å². The molecule has 1 aliphatic heterocycles. The standard InChI is InChI=1S/C11H9F3O6/c12-11(13,14)20-2-1-17-7-4-9-8(18-5-19-9)3-6(7)10(15)16/h3-4H,1-2,5H2,(H,15,16). The Morgan fingerprint density at radius 1 is 1.25 bits per heavy atom. The van der Waals surface area contributed by atoms with Crippen LogP contribution in [0.25, 0.3) is 0 Å². The lowest BCUT2D eigenvalue weighted by Crippen LogP contribution is -2.18. The van der Waals surface area contributed by atoms with Crippen molar-refractivity contribution in [1.82, 2.24) is 0 Å². The summed E-state index contributed by atoms with van der Waals surface area (Å²) in [6, 6.07) is 2.43. The summed E-state index contributed by atoms with van der Waals surface area (Å²) < 4.78 is 53.8. The Bertz CT molecular complexity index is 514. The summed E-state index contributed by atoms with van der Waals surface area (Å²) in [5.74, 6) is -0.911. The molecule has 0 aromatic heterocycles. The van der Waals surface area contributed by atoms with E-state index in [0.29, 0.717) is 0 Å². The molecule has 110 valence electrons. The molecule has 0 saturated carbocycles. The second-order valence-corrected chi connectivity index (χ2v) is 3.65. The van der Waals surface area contributed by atoms with Crippen LogP contribution < -0.4 is 14.2 Å². The van der Waals surface area contributed by atoms with Gasteiger partial charge in [-0.05, 0) is 0 Å². The maximum absolute atomic E-state index is 11.8. The maximum atomic E-state index is 11.8. The molecule has 0 atom stereocenters. The number of alkyl halides is 3. The van der Waals surface area contributed by atoms with Crippen LogP contribution in [-0.2, 0) is 4.74 Å². The van der Waals surface area contributed by atoms with Gasteiger partial charge in [0.25, 0.3) is 0 Å². The van der Waals surface area contributed by atoms with Crippen molar-refractivity contribution in [3.8, 4) is 17.2 Å². The first-order valence-electron chi connectivity index (χ1n) is 5.37. The third-order valence-corrected chi connectivity index (χ3v) is 2.31. The molecule has 0 radical (unpaired) electrons. The second-order valence-electron chi connectivity index (χ2n) is 3.65. The molecule has 20 heavy (non-hydrogen) atoms. The Morgan fingerprint density at radius 3 is 2.50 bits per heavy atom. The van der Waals surface area contributed by atoms with E-state index in [1.165, 1.54) is 12.1 Å². The van der Waals surface area contributed by atoms with E-state index in [9.17, 15) is 18.0 Å². The first kappa shape index (κ1) is 14.3. The van der Waals surface area contributed by atoms with Crippen LogP contribution >= 0.6 is 0 Å². The zero-order valence-electron chi connectivity index (χ0n) is 9.90. The van der Waals surface area contributed by atoms with Crippen LogP contribution in [-0.4, -0.2) is 37.4 Å². The molecule has 0 aliphatic carbocycles. The van der Waals surface area contributed by atoms with Gasteiger partial charge in [-0.15, -0.1) is 13.2 Å². The molecule has 0 unspecified atom stereocenters. The Hall–Kier alpha value is -2.16. The molecule has 1 aliphatic rings. The molecule has 2 rings (SSSR count). The number of benzene rings is 1. The first-order chi connectivity index (χ1) is 9.37. The quantitative estimate of drug-likeness (QED) is 0.838. The number of fused-ring (bicyclic) bond motifs is 1.